The minimum absolute atomic E-state index is 0.0747. The topological polar surface area (TPSA) is 53.1 Å². The van der Waals surface area contributed by atoms with Gasteiger partial charge in [0.2, 0.25) is 0 Å². The fourth-order valence-electron chi connectivity index (χ4n) is 2.16. The fraction of sp³-hybridized carbons (Fsp3) is 0.400. The largest absolute Gasteiger partial charge is 0.487 e. The van der Waals surface area contributed by atoms with Crippen molar-refractivity contribution in [3.05, 3.63) is 44.1 Å². The first-order valence-electron chi connectivity index (χ1n) is 6.83. The molecule has 1 unspecified atom stereocenters. The van der Waals surface area contributed by atoms with E-state index in [4.69, 9.17) is 10.5 Å². The molecule has 0 spiro atoms. The van der Waals surface area contributed by atoms with Crippen molar-refractivity contribution < 1.29 is 4.74 Å². The van der Waals surface area contributed by atoms with E-state index in [0.717, 1.165) is 38.2 Å². The molecule has 0 saturated heterocycles. The Morgan fingerprint density at radius 2 is 2.10 bits per heavy atom. The van der Waals surface area contributed by atoms with Gasteiger partial charge < -0.3 is 10.5 Å². The second-order valence-electron chi connectivity index (χ2n) is 4.92. The summed E-state index contributed by atoms with van der Waals surface area (Å²) in [6.45, 7) is 7.25. The van der Waals surface area contributed by atoms with E-state index < -0.39 is 0 Å². The van der Waals surface area contributed by atoms with E-state index in [0.29, 0.717) is 6.61 Å². The lowest BCUT2D eigenvalue weighted by atomic mass is 10.1. The lowest BCUT2D eigenvalue weighted by molar-refractivity contribution is 0.287. The van der Waals surface area contributed by atoms with Crippen LogP contribution in [0.1, 0.15) is 36.8 Å². The molecule has 0 saturated carbocycles. The number of hydrogen-bond donors (Lipinski definition) is 1. The molecular formula is C15H19Br2N3O. The van der Waals surface area contributed by atoms with Gasteiger partial charge in [0.15, 0.2) is 0 Å². The summed E-state index contributed by atoms with van der Waals surface area (Å²) in [7, 11) is 0. The first kappa shape index (κ1) is 16.5. The molecule has 0 fully saturated rings. The third kappa shape index (κ3) is 3.67. The molecule has 114 valence electrons. The van der Waals surface area contributed by atoms with Crippen molar-refractivity contribution in [3.63, 3.8) is 0 Å². The Bertz CT molecular complexity index is 638. The number of halogens is 2. The molecule has 1 aromatic carbocycles. The summed E-state index contributed by atoms with van der Waals surface area (Å²) in [5.74, 6) is 0.799. The van der Waals surface area contributed by atoms with Gasteiger partial charge in [-0.15, -0.1) is 0 Å². The maximum absolute atomic E-state index is 6.00. The zero-order chi connectivity index (χ0) is 15.6. The van der Waals surface area contributed by atoms with Crippen LogP contribution in [-0.2, 0) is 13.2 Å². The van der Waals surface area contributed by atoms with Crippen molar-refractivity contribution in [2.75, 3.05) is 0 Å². The van der Waals surface area contributed by atoms with Gasteiger partial charge in [-0.2, -0.15) is 5.10 Å². The van der Waals surface area contributed by atoms with Crippen molar-refractivity contribution >= 4 is 31.9 Å². The van der Waals surface area contributed by atoms with Crippen molar-refractivity contribution in [1.29, 1.82) is 0 Å². The van der Waals surface area contributed by atoms with E-state index in [9.17, 15) is 0 Å². The van der Waals surface area contributed by atoms with Crippen LogP contribution in [0.4, 0.5) is 0 Å². The third-order valence-electron chi connectivity index (χ3n) is 3.28. The summed E-state index contributed by atoms with van der Waals surface area (Å²) in [5.41, 5.74) is 9.00. The van der Waals surface area contributed by atoms with Crippen LogP contribution < -0.4 is 10.5 Å². The number of nitrogens with zero attached hydrogens (tertiary/aromatic N) is 2. The highest BCUT2D eigenvalue weighted by molar-refractivity contribution is 9.10. The monoisotopic (exact) mass is 415 g/mol. The molecule has 1 atom stereocenters. The van der Waals surface area contributed by atoms with E-state index in [1.165, 1.54) is 0 Å². The van der Waals surface area contributed by atoms with Gasteiger partial charge in [-0.1, -0.05) is 22.0 Å². The second-order valence-corrected chi connectivity index (χ2v) is 6.63. The summed E-state index contributed by atoms with van der Waals surface area (Å²) in [4.78, 5) is 0. The number of hydrogen-bond acceptors (Lipinski definition) is 3. The molecule has 1 heterocycles. The van der Waals surface area contributed by atoms with E-state index in [2.05, 4.69) is 43.9 Å². The summed E-state index contributed by atoms with van der Waals surface area (Å²) >= 11 is 7.05. The Morgan fingerprint density at radius 1 is 1.38 bits per heavy atom. The van der Waals surface area contributed by atoms with Crippen LogP contribution in [0.25, 0.3) is 0 Å². The molecule has 0 bridgehead atoms. The molecule has 0 aliphatic carbocycles. The Balaban J connectivity index is 2.26. The number of rotatable bonds is 5. The molecule has 1 aromatic heterocycles. The van der Waals surface area contributed by atoms with Crippen molar-refractivity contribution in [2.24, 2.45) is 5.73 Å². The Labute approximate surface area is 141 Å². The van der Waals surface area contributed by atoms with Crippen LogP contribution in [0.5, 0.6) is 5.75 Å². The second kappa shape index (κ2) is 6.94. The predicted molar refractivity (Wildman–Crippen MR) is 91.4 cm³/mol. The standard InChI is InChI=1S/C15H19Br2N3O/c1-4-20-13(15(17)10(3)19-20)8-21-14-7-11(16)5-6-12(14)9(2)18/h5-7,9H,4,8,18H2,1-3H3. The molecule has 4 nitrogen and oxygen atoms in total. The van der Waals surface area contributed by atoms with Crippen LogP contribution in [0.15, 0.2) is 27.1 Å². The normalized spacial score (nSPS) is 12.5. The highest BCUT2D eigenvalue weighted by Crippen LogP contribution is 2.29. The quantitative estimate of drug-likeness (QED) is 0.788. The maximum atomic E-state index is 6.00. The van der Waals surface area contributed by atoms with Gasteiger partial charge in [-0.05, 0) is 48.8 Å². The van der Waals surface area contributed by atoms with E-state index in [1.54, 1.807) is 0 Å². The van der Waals surface area contributed by atoms with Crippen LogP contribution in [0.3, 0.4) is 0 Å². The average molecular weight is 417 g/mol. The van der Waals surface area contributed by atoms with Crippen molar-refractivity contribution in [1.82, 2.24) is 9.78 Å². The Hall–Kier alpha value is -0.850. The minimum atomic E-state index is -0.0747. The molecule has 6 heteroatoms. The average Bonchev–Trinajstić information content (AvgIpc) is 2.71. The first-order chi connectivity index (χ1) is 9.93. The van der Waals surface area contributed by atoms with Gasteiger partial charge in [0, 0.05) is 22.6 Å². The number of ether oxygens (including phenoxy) is 1. The SMILES string of the molecule is CCn1nc(C)c(Br)c1COc1cc(Br)ccc1C(C)N. The molecular weight excluding hydrogens is 398 g/mol. The van der Waals surface area contributed by atoms with E-state index in [-0.39, 0.29) is 6.04 Å². The lowest BCUT2D eigenvalue weighted by Crippen LogP contribution is -2.10. The number of benzene rings is 1. The van der Waals surface area contributed by atoms with Gasteiger partial charge in [0.1, 0.15) is 12.4 Å². The Kier molecular flexibility index (Phi) is 5.46. The lowest BCUT2D eigenvalue weighted by Gasteiger charge is -2.15. The molecule has 0 aliphatic heterocycles. The predicted octanol–water partition coefficient (Wildman–Crippen LogP) is 4.34. The molecule has 0 amide bonds. The summed E-state index contributed by atoms with van der Waals surface area (Å²) in [5, 5.41) is 4.47. The third-order valence-corrected chi connectivity index (χ3v) is 4.81. The molecule has 0 aliphatic rings. The highest BCUT2D eigenvalue weighted by atomic mass is 79.9. The van der Waals surface area contributed by atoms with Crippen molar-refractivity contribution in [3.8, 4) is 5.75 Å². The van der Waals surface area contributed by atoms with Gasteiger partial charge in [0.25, 0.3) is 0 Å². The van der Waals surface area contributed by atoms with Crippen LogP contribution in [0.2, 0.25) is 0 Å². The van der Waals surface area contributed by atoms with Gasteiger partial charge in [0.05, 0.1) is 15.9 Å². The summed E-state index contributed by atoms with van der Waals surface area (Å²) < 4.78 is 9.92. The number of aryl methyl sites for hydroxylation is 2. The van der Waals surface area contributed by atoms with Gasteiger partial charge in [-0.3, -0.25) is 4.68 Å². The number of aromatic nitrogens is 2. The van der Waals surface area contributed by atoms with Crippen LogP contribution in [0, 0.1) is 6.92 Å². The maximum Gasteiger partial charge on any atom is 0.131 e. The summed E-state index contributed by atoms with van der Waals surface area (Å²) in [6, 6.07) is 5.84. The van der Waals surface area contributed by atoms with Crippen LogP contribution in [-0.4, -0.2) is 9.78 Å². The zero-order valence-corrected chi connectivity index (χ0v) is 15.5. The Morgan fingerprint density at radius 3 is 2.71 bits per heavy atom. The molecule has 21 heavy (non-hydrogen) atoms. The molecule has 2 rings (SSSR count). The van der Waals surface area contributed by atoms with Crippen LogP contribution >= 0.6 is 31.9 Å². The summed E-state index contributed by atoms with van der Waals surface area (Å²) in [6.07, 6.45) is 0. The van der Waals surface area contributed by atoms with Crippen molar-refractivity contribution in [2.45, 2.75) is 40.0 Å². The van der Waals surface area contributed by atoms with Gasteiger partial charge >= 0.3 is 0 Å². The first-order valence-corrected chi connectivity index (χ1v) is 8.42. The fourth-order valence-corrected chi connectivity index (χ4v) is 2.90. The molecule has 0 radical (unpaired) electrons. The van der Waals surface area contributed by atoms with Gasteiger partial charge in [-0.25, -0.2) is 0 Å². The minimum Gasteiger partial charge on any atom is -0.487 e. The number of nitrogens with two attached hydrogens (primary N) is 1. The molecule has 2 aromatic rings. The molecule has 2 N–H and O–H groups in total. The zero-order valence-electron chi connectivity index (χ0n) is 12.4. The smallest absolute Gasteiger partial charge is 0.131 e. The van der Waals surface area contributed by atoms with E-state index in [1.807, 2.05) is 36.7 Å². The highest BCUT2D eigenvalue weighted by Gasteiger charge is 2.14. The van der Waals surface area contributed by atoms with E-state index >= 15 is 0 Å².